The molecule has 1 amide bonds. The van der Waals surface area contributed by atoms with Gasteiger partial charge >= 0.3 is 0 Å². The zero-order chi connectivity index (χ0) is 14.4. The van der Waals surface area contributed by atoms with Crippen LogP contribution < -0.4 is 15.8 Å². The van der Waals surface area contributed by atoms with Gasteiger partial charge in [-0.2, -0.15) is 5.10 Å². The lowest BCUT2D eigenvalue weighted by atomic mass is 10.2. The number of aryl methyl sites for hydroxylation is 1. The summed E-state index contributed by atoms with van der Waals surface area (Å²) in [7, 11) is 0. The minimum atomic E-state index is -0.0693. The zero-order valence-electron chi connectivity index (χ0n) is 11.3. The molecule has 0 aliphatic rings. The summed E-state index contributed by atoms with van der Waals surface area (Å²) in [5.41, 5.74) is 8.25. The van der Waals surface area contributed by atoms with Crippen molar-refractivity contribution < 1.29 is 9.53 Å². The van der Waals surface area contributed by atoms with Gasteiger partial charge in [-0.05, 0) is 19.1 Å². The van der Waals surface area contributed by atoms with Crippen molar-refractivity contribution in [1.29, 1.82) is 0 Å². The number of benzene rings is 1. The van der Waals surface area contributed by atoms with Crippen LogP contribution in [0.3, 0.4) is 0 Å². The fourth-order valence-corrected chi connectivity index (χ4v) is 1.70. The summed E-state index contributed by atoms with van der Waals surface area (Å²) in [5.74, 6) is 0.533. The number of amides is 1. The third-order valence-corrected chi connectivity index (χ3v) is 2.92. The number of carbonyl (C=O) groups excluding carboxylic acids is 1. The van der Waals surface area contributed by atoms with Crippen molar-refractivity contribution in [3.8, 4) is 5.75 Å². The Morgan fingerprint density at radius 2 is 2.25 bits per heavy atom. The number of rotatable bonds is 6. The van der Waals surface area contributed by atoms with Crippen LogP contribution in [0.25, 0.3) is 0 Å². The molecule has 0 aliphatic heterocycles. The molecule has 106 valence electrons. The standard InChI is InChI=1S/C14H18N4O2/c1-10-11(9-17-18-10)8-16-14(19)6-7-20-13-5-3-2-4-12(13)15/h2-5,9H,6-8,15H2,1H3,(H,16,19)(H,17,18). The van der Waals surface area contributed by atoms with Crippen molar-refractivity contribution in [2.24, 2.45) is 0 Å². The Morgan fingerprint density at radius 3 is 2.95 bits per heavy atom. The van der Waals surface area contributed by atoms with E-state index in [-0.39, 0.29) is 12.3 Å². The number of hydrogen-bond acceptors (Lipinski definition) is 4. The van der Waals surface area contributed by atoms with Gasteiger partial charge in [0.25, 0.3) is 0 Å². The second kappa shape index (κ2) is 6.60. The van der Waals surface area contributed by atoms with Crippen LogP contribution >= 0.6 is 0 Å². The van der Waals surface area contributed by atoms with Crippen LogP contribution in [0, 0.1) is 6.92 Å². The van der Waals surface area contributed by atoms with Crippen molar-refractivity contribution in [2.45, 2.75) is 19.9 Å². The number of carbonyl (C=O) groups is 1. The Balaban J connectivity index is 1.71. The summed E-state index contributed by atoms with van der Waals surface area (Å²) in [6.07, 6.45) is 1.99. The number of hydrogen-bond donors (Lipinski definition) is 3. The molecule has 0 aliphatic carbocycles. The van der Waals surface area contributed by atoms with Crippen LogP contribution in [0.15, 0.2) is 30.5 Å². The number of H-pyrrole nitrogens is 1. The van der Waals surface area contributed by atoms with Crippen LogP contribution in [0.1, 0.15) is 17.7 Å². The lowest BCUT2D eigenvalue weighted by molar-refractivity contribution is -0.121. The van der Waals surface area contributed by atoms with E-state index in [9.17, 15) is 4.79 Å². The molecule has 1 aromatic carbocycles. The molecule has 0 radical (unpaired) electrons. The number of aromatic amines is 1. The van der Waals surface area contributed by atoms with E-state index in [0.717, 1.165) is 11.3 Å². The maximum atomic E-state index is 11.7. The lowest BCUT2D eigenvalue weighted by Gasteiger charge is -2.08. The van der Waals surface area contributed by atoms with Crippen LogP contribution in [0.4, 0.5) is 5.69 Å². The molecule has 0 saturated carbocycles. The predicted molar refractivity (Wildman–Crippen MR) is 76.1 cm³/mol. The fraction of sp³-hybridized carbons (Fsp3) is 0.286. The van der Waals surface area contributed by atoms with Gasteiger partial charge in [0, 0.05) is 17.8 Å². The molecular formula is C14H18N4O2. The quantitative estimate of drug-likeness (QED) is 0.694. The van der Waals surface area contributed by atoms with Crippen molar-refractivity contribution in [1.82, 2.24) is 15.5 Å². The maximum absolute atomic E-state index is 11.7. The first-order valence-corrected chi connectivity index (χ1v) is 6.39. The molecule has 1 aromatic heterocycles. The highest BCUT2D eigenvalue weighted by molar-refractivity contribution is 5.76. The van der Waals surface area contributed by atoms with Crippen molar-refractivity contribution in [3.63, 3.8) is 0 Å². The second-order valence-corrected chi connectivity index (χ2v) is 4.43. The molecule has 6 nitrogen and oxygen atoms in total. The molecule has 0 fully saturated rings. The Labute approximate surface area is 117 Å². The highest BCUT2D eigenvalue weighted by Gasteiger charge is 2.05. The number of anilines is 1. The average molecular weight is 274 g/mol. The number of nitrogens with zero attached hydrogens (tertiary/aromatic N) is 1. The molecule has 0 atom stereocenters. The summed E-state index contributed by atoms with van der Waals surface area (Å²) in [6, 6.07) is 7.22. The topological polar surface area (TPSA) is 93.0 Å². The fourth-order valence-electron chi connectivity index (χ4n) is 1.70. The van der Waals surface area contributed by atoms with Gasteiger partial charge in [-0.15, -0.1) is 0 Å². The lowest BCUT2D eigenvalue weighted by Crippen LogP contribution is -2.24. The summed E-state index contributed by atoms with van der Waals surface area (Å²) in [6.45, 7) is 2.68. The third-order valence-electron chi connectivity index (χ3n) is 2.92. The summed E-state index contributed by atoms with van der Waals surface area (Å²) in [5, 5.41) is 9.54. The van der Waals surface area contributed by atoms with Crippen molar-refractivity contribution in [3.05, 3.63) is 41.7 Å². The normalized spacial score (nSPS) is 10.2. The minimum absolute atomic E-state index is 0.0693. The molecule has 0 unspecified atom stereocenters. The zero-order valence-corrected chi connectivity index (χ0v) is 11.3. The maximum Gasteiger partial charge on any atom is 0.223 e. The van der Waals surface area contributed by atoms with Gasteiger partial charge < -0.3 is 15.8 Å². The van der Waals surface area contributed by atoms with Crippen molar-refractivity contribution in [2.75, 3.05) is 12.3 Å². The number of nitrogen functional groups attached to an aromatic ring is 1. The predicted octanol–water partition coefficient (Wildman–Crippen LogP) is 1.39. The van der Waals surface area contributed by atoms with E-state index in [0.29, 0.717) is 24.6 Å². The van der Waals surface area contributed by atoms with E-state index in [2.05, 4.69) is 15.5 Å². The van der Waals surface area contributed by atoms with Gasteiger partial charge in [-0.1, -0.05) is 12.1 Å². The molecule has 20 heavy (non-hydrogen) atoms. The number of nitrogens with two attached hydrogens (primary N) is 1. The summed E-state index contributed by atoms with van der Waals surface area (Å²) in [4.78, 5) is 11.7. The number of para-hydroxylation sites is 2. The molecule has 1 heterocycles. The van der Waals surface area contributed by atoms with E-state index in [1.165, 1.54) is 0 Å². The van der Waals surface area contributed by atoms with Gasteiger partial charge in [-0.3, -0.25) is 9.89 Å². The Kier molecular flexibility index (Phi) is 4.60. The van der Waals surface area contributed by atoms with Gasteiger partial charge in [0.2, 0.25) is 5.91 Å². The molecule has 4 N–H and O–H groups in total. The molecule has 2 rings (SSSR count). The molecular weight excluding hydrogens is 256 g/mol. The highest BCUT2D eigenvalue weighted by atomic mass is 16.5. The smallest absolute Gasteiger partial charge is 0.223 e. The largest absolute Gasteiger partial charge is 0.491 e. The molecule has 0 spiro atoms. The number of ether oxygens (including phenoxy) is 1. The van der Waals surface area contributed by atoms with E-state index < -0.39 is 0 Å². The Bertz CT molecular complexity index is 580. The monoisotopic (exact) mass is 274 g/mol. The van der Waals surface area contributed by atoms with Gasteiger partial charge in [-0.25, -0.2) is 0 Å². The Morgan fingerprint density at radius 1 is 1.45 bits per heavy atom. The number of aromatic nitrogens is 2. The first-order chi connectivity index (χ1) is 9.66. The average Bonchev–Trinajstić information content (AvgIpc) is 2.84. The molecule has 0 saturated heterocycles. The van der Waals surface area contributed by atoms with Crippen molar-refractivity contribution >= 4 is 11.6 Å². The van der Waals surface area contributed by atoms with Crippen LogP contribution in [0.2, 0.25) is 0 Å². The summed E-state index contributed by atoms with van der Waals surface area (Å²) >= 11 is 0. The Hall–Kier alpha value is -2.50. The first kappa shape index (κ1) is 13.9. The molecule has 2 aromatic rings. The van der Waals surface area contributed by atoms with Gasteiger partial charge in [0.05, 0.1) is 24.9 Å². The number of nitrogens with one attached hydrogen (secondary N) is 2. The van der Waals surface area contributed by atoms with E-state index in [1.807, 2.05) is 19.1 Å². The molecule has 6 heteroatoms. The first-order valence-electron chi connectivity index (χ1n) is 6.39. The summed E-state index contributed by atoms with van der Waals surface area (Å²) < 4.78 is 5.46. The molecule has 0 bridgehead atoms. The third kappa shape index (κ3) is 3.74. The van der Waals surface area contributed by atoms with Crippen LogP contribution in [-0.2, 0) is 11.3 Å². The highest BCUT2D eigenvalue weighted by Crippen LogP contribution is 2.19. The second-order valence-electron chi connectivity index (χ2n) is 4.43. The van der Waals surface area contributed by atoms with Crippen LogP contribution in [-0.4, -0.2) is 22.7 Å². The van der Waals surface area contributed by atoms with E-state index >= 15 is 0 Å². The van der Waals surface area contributed by atoms with Gasteiger partial charge in [0.15, 0.2) is 0 Å². The SMILES string of the molecule is Cc1[nH]ncc1CNC(=O)CCOc1ccccc1N. The van der Waals surface area contributed by atoms with E-state index in [4.69, 9.17) is 10.5 Å². The van der Waals surface area contributed by atoms with E-state index in [1.54, 1.807) is 18.3 Å². The van der Waals surface area contributed by atoms with Crippen LogP contribution in [0.5, 0.6) is 5.75 Å². The van der Waals surface area contributed by atoms with Gasteiger partial charge in [0.1, 0.15) is 5.75 Å². The minimum Gasteiger partial charge on any atom is -0.491 e.